The van der Waals surface area contributed by atoms with Crippen molar-refractivity contribution in [3.8, 4) is 0 Å². The Labute approximate surface area is 176 Å². The Hall–Kier alpha value is -1.95. The number of hydrogen-bond donors (Lipinski definition) is 1. The number of nitrogens with zero attached hydrogens (tertiary/aromatic N) is 2. The second-order valence-corrected chi connectivity index (χ2v) is 8.12. The summed E-state index contributed by atoms with van der Waals surface area (Å²) in [6, 6.07) is 15.0. The second-order valence-electron chi connectivity index (χ2n) is 7.17. The Kier molecular flexibility index (Phi) is 7.05. The van der Waals surface area contributed by atoms with Crippen molar-refractivity contribution in [3.05, 3.63) is 64.1 Å². The van der Waals surface area contributed by atoms with E-state index in [9.17, 15) is 4.79 Å². The molecule has 0 saturated heterocycles. The van der Waals surface area contributed by atoms with Crippen LogP contribution >= 0.6 is 23.7 Å². The summed E-state index contributed by atoms with van der Waals surface area (Å²) in [5.74, 6) is 0.0503. The van der Waals surface area contributed by atoms with Gasteiger partial charge < -0.3 is 10.6 Å². The lowest BCUT2D eigenvalue weighted by molar-refractivity contribution is 0.0660. The molecule has 148 valence electrons. The van der Waals surface area contributed by atoms with Gasteiger partial charge in [-0.2, -0.15) is 0 Å². The number of fused-ring (bicyclic) bond motifs is 1. The summed E-state index contributed by atoms with van der Waals surface area (Å²) in [7, 11) is 0. The maximum absolute atomic E-state index is 13.3. The third-order valence-corrected chi connectivity index (χ3v) is 6.28. The largest absolute Gasteiger partial charge is 0.330 e. The van der Waals surface area contributed by atoms with Crippen LogP contribution in [0.15, 0.2) is 47.8 Å². The minimum Gasteiger partial charge on any atom is -0.330 e. The zero-order chi connectivity index (χ0) is 18.6. The summed E-state index contributed by atoms with van der Waals surface area (Å²) in [4.78, 5) is 19.9. The molecule has 1 heterocycles. The maximum atomic E-state index is 13.3. The van der Waals surface area contributed by atoms with Gasteiger partial charge in [-0.3, -0.25) is 4.79 Å². The molecule has 1 amide bonds. The molecular weight excluding hydrogens is 390 g/mol. The third kappa shape index (κ3) is 4.37. The standard InChI is InChI=1S/C22H25N3OS.ClH/c23-13-12-21-24-20(15-27-21)22(26)25(18-9-2-3-10-18)14-17-8-5-7-16-6-1-4-11-19(16)17;/h1,4-8,11,15,18H,2-3,9-10,12-14,23H2;1H. The van der Waals surface area contributed by atoms with Crippen LogP contribution in [0.25, 0.3) is 10.8 Å². The average Bonchev–Trinajstić information content (AvgIpc) is 3.38. The molecule has 6 heteroatoms. The monoisotopic (exact) mass is 415 g/mol. The fourth-order valence-corrected chi connectivity index (χ4v) is 4.78. The normalized spacial score (nSPS) is 14.2. The van der Waals surface area contributed by atoms with Gasteiger partial charge in [-0.1, -0.05) is 55.3 Å². The molecule has 28 heavy (non-hydrogen) atoms. The van der Waals surface area contributed by atoms with Gasteiger partial charge in [0.2, 0.25) is 0 Å². The van der Waals surface area contributed by atoms with Gasteiger partial charge in [0.15, 0.2) is 0 Å². The Morgan fingerprint density at radius 2 is 1.89 bits per heavy atom. The highest BCUT2D eigenvalue weighted by atomic mass is 35.5. The van der Waals surface area contributed by atoms with E-state index < -0.39 is 0 Å². The minimum atomic E-state index is 0. The topological polar surface area (TPSA) is 59.2 Å². The van der Waals surface area contributed by atoms with E-state index in [0.717, 1.165) is 24.3 Å². The molecule has 0 atom stereocenters. The van der Waals surface area contributed by atoms with E-state index in [1.807, 2.05) is 5.38 Å². The van der Waals surface area contributed by atoms with Gasteiger partial charge in [0, 0.05) is 24.4 Å². The molecule has 1 aliphatic carbocycles. The Morgan fingerprint density at radius 1 is 1.14 bits per heavy atom. The number of thiazole rings is 1. The van der Waals surface area contributed by atoms with Crippen LogP contribution in [0.1, 0.15) is 46.7 Å². The van der Waals surface area contributed by atoms with E-state index in [4.69, 9.17) is 5.73 Å². The zero-order valence-electron chi connectivity index (χ0n) is 15.8. The highest BCUT2D eigenvalue weighted by Gasteiger charge is 2.29. The summed E-state index contributed by atoms with van der Waals surface area (Å²) < 4.78 is 0. The van der Waals surface area contributed by atoms with Crippen LogP contribution in [-0.4, -0.2) is 28.4 Å². The molecule has 0 bridgehead atoms. The van der Waals surface area contributed by atoms with Crippen molar-refractivity contribution in [1.29, 1.82) is 0 Å². The lowest BCUT2D eigenvalue weighted by Gasteiger charge is -2.29. The van der Waals surface area contributed by atoms with E-state index in [0.29, 0.717) is 24.8 Å². The summed E-state index contributed by atoms with van der Waals surface area (Å²) in [5, 5.41) is 5.27. The minimum absolute atomic E-state index is 0. The number of hydrogen-bond acceptors (Lipinski definition) is 4. The first-order valence-corrected chi connectivity index (χ1v) is 10.6. The van der Waals surface area contributed by atoms with E-state index in [1.54, 1.807) is 0 Å². The number of amides is 1. The quantitative estimate of drug-likeness (QED) is 0.628. The number of benzene rings is 2. The van der Waals surface area contributed by atoms with Gasteiger partial charge in [-0.05, 0) is 35.7 Å². The molecule has 0 unspecified atom stereocenters. The summed E-state index contributed by atoms with van der Waals surface area (Å²) >= 11 is 1.53. The van der Waals surface area contributed by atoms with Gasteiger partial charge in [-0.25, -0.2) is 4.98 Å². The fraction of sp³-hybridized carbons (Fsp3) is 0.364. The molecule has 1 saturated carbocycles. The van der Waals surface area contributed by atoms with E-state index in [2.05, 4.69) is 52.3 Å². The van der Waals surface area contributed by atoms with Crippen molar-refractivity contribution in [2.75, 3.05) is 6.54 Å². The van der Waals surface area contributed by atoms with Crippen molar-refractivity contribution >= 4 is 40.4 Å². The number of carbonyl (C=O) groups excluding carboxylic acids is 1. The zero-order valence-corrected chi connectivity index (χ0v) is 17.5. The maximum Gasteiger partial charge on any atom is 0.273 e. The van der Waals surface area contributed by atoms with Crippen LogP contribution in [0.3, 0.4) is 0 Å². The SMILES string of the molecule is Cl.NCCc1nc(C(=O)N(Cc2cccc3ccccc23)C2CCCC2)cs1. The van der Waals surface area contributed by atoms with E-state index in [1.165, 1.54) is 40.5 Å². The van der Waals surface area contributed by atoms with Crippen LogP contribution < -0.4 is 5.73 Å². The van der Waals surface area contributed by atoms with Gasteiger partial charge in [0.05, 0.1) is 5.01 Å². The van der Waals surface area contributed by atoms with E-state index in [-0.39, 0.29) is 18.3 Å². The molecule has 1 fully saturated rings. The molecule has 1 aliphatic rings. The molecule has 0 radical (unpaired) electrons. The van der Waals surface area contributed by atoms with Gasteiger partial charge >= 0.3 is 0 Å². The molecule has 4 rings (SSSR count). The first-order chi connectivity index (χ1) is 13.3. The number of rotatable bonds is 6. The first kappa shape index (κ1) is 20.8. The molecule has 2 aromatic carbocycles. The predicted molar refractivity (Wildman–Crippen MR) is 118 cm³/mol. The molecule has 1 aromatic heterocycles. The van der Waals surface area contributed by atoms with Crippen LogP contribution in [0.4, 0.5) is 0 Å². The molecule has 4 nitrogen and oxygen atoms in total. The van der Waals surface area contributed by atoms with Crippen molar-refractivity contribution in [1.82, 2.24) is 9.88 Å². The third-order valence-electron chi connectivity index (χ3n) is 5.38. The average molecular weight is 416 g/mol. The van der Waals surface area contributed by atoms with Crippen molar-refractivity contribution in [2.24, 2.45) is 5.73 Å². The van der Waals surface area contributed by atoms with Crippen molar-refractivity contribution in [3.63, 3.8) is 0 Å². The number of carbonyl (C=O) groups is 1. The summed E-state index contributed by atoms with van der Waals surface area (Å²) in [5.41, 5.74) is 7.40. The van der Waals surface area contributed by atoms with Crippen molar-refractivity contribution < 1.29 is 4.79 Å². The number of nitrogens with two attached hydrogens (primary N) is 1. The molecule has 0 spiro atoms. The van der Waals surface area contributed by atoms with Crippen LogP contribution in [0.2, 0.25) is 0 Å². The van der Waals surface area contributed by atoms with Gasteiger partial charge in [0.25, 0.3) is 5.91 Å². The van der Waals surface area contributed by atoms with Crippen LogP contribution in [0.5, 0.6) is 0 Å². The number of aromatic nitrogens is 1. The lowest BCUT2D eigenvalue weighted by Crippen LogP contribution is -2.38. The molecule has 0 aliphatic heterocycles. The van der Waals surface area contributed by atoms with Gasteiger partial charge in [-0.15, -0.1) is 23.7 Å². The van der Waals surface area contributed by atoms with E-state index >= 15 is 0 Å². The fourth-order valence-electron chi connectivity index (χ4n) is 3.99. The first-order valence-electron chi connectivity index (χ1n) is 9.68. The van der Waals surface area contributed by atoms with Crippen LogP contribution in [0, 0.1) is 0 Å². The number of halogens is 1. The molecule has 3 aromatic rings. The summed E-state index contributed by atoms with van der Waals surface area (Å²) in [6.45, 7) is 1.19. The van der Waals surface area contributed by atoms with Crippen LogP contribution in [-0.2, 0) is 13.0 Å². The highest BCUT2D eigenvalue weighted by molar-refractivity contribution is 7.09. The molecule has 2 N–H and O–H groups in total. The highest BCUT2D eigenvalue weighted by Crippen LogP contribution is 2.29. The Bertz CT molecular complexity index is 931. The summed E-state index contributed by atoms with van der Waals surface area (Å²) in [6.07, 6.45) is 5.27. The van der Waals surface area contributed by atoms with Crippen molar-refractivity contribution in [2.45, 2.75) is 44.7 Å². The lowest BCUT2D eigenvalue weighted by atomic mass is 10.0. The Balaban J connectivity index is 0.00000225. The second kappa shape index (κ2) is 9.50. The predicted octanol–water partition coefficient (Wildman–Crippen LogP) is 4.80. The Morgan fingerprint density at radius 3 is 2.68 bits per heavy atom. The smallest absolute Gasteiger partial charge is 0.273 e. The molecular formula is C22H26ClN3OS. The van der Waals surface area contributed by atoms with Gasteiger partial charge in [0.1, 0.15) is 5.69 Å².